The van der Waals surface area contributed by atoms with Crippen molar-refractivity contribution in [3.63, 3.8) is 0 Å². The van der Waals surface area contributed by atoms with Crippen LogP contribution in [-0.2, 0) is 0 Å². The van der Waals surface area contributed by atoms with Gasteiger partial charge in [-0.05, 0) is 49.9 Å². The van der Waals surface area contributed by atoms with Crippen LogP contribution in [0.3, 0.4) is 0 Å². The molecule has 0 amide bonds. The molecule has 2 atom stereocenters. The van der Waals surface area contributed by atoms with Crippen LogP contribution in [0, 0.1) is 6.92 Å². The summed E-state index contributed by atoms with van der Waals surface area (Å²) in [4.78, 5) is 3.67. The lowest BCUT2D eigenvalue weighted by atomic mass is 10.0. The smallest absolute Gasteiger partial charge is 0.0804 e. The minimum Gasteiger partial charge on any atom is -0.388 e. The van der Waals surface area contributed by atoms with Crippen LogP contribution in [0.5, 0.6) is 0 Å². The topological polar surface area (TPSA) is 23.5 Å². The summed E-state index contributed by atoms with van der Waals surface area (Å²) in [6.07, 6.45) is 0.381. The van der Waals surface area contributed by atoms with Gasteiger partial charge in [-0.1, -0.05) is 30.3 Å². The van der Waals surface area contributed by atoms with Gasteiger partial charge in [-0.3, -0.25) is 4.90 Å². The number of aliphatic hydroxyl groups excluding tert-OH is 1. The first-order valence-electron chi connectivity index (χ1n) is 7.07. The summed E-state index contributed by atoms with van der Waals surface area (Å²) < 4.78 is 0. The predicted molar refractivity (Wildman–Crippen MR) is 86.1 cm³/mol. The average molecular weight is 289 g/mol. The van der Waals surface area contributed by atoms with Crippen molar-refractivity contribution in [2.24, 2.45) is 0 Å². The van der Waals surface area contributed by atoms with Crippen molar-refractivity contribution < 1.29 is 5.11 Å². The normalized spacial score (nSPS) is 14.4. The maximum Gasteiger partial charge on any atom is 0.0804 e. The average Bonchev–Trinajstić information content (AvgIpc) is 2.98. The number of thiophene rings is 1. The SMILES string of the molecule is Cc1ccccc1C(O)CCN(C)C(C)c1cccs1. The fourth-order valence-electron chi connectivity index (χ4n) is 2.38. The fraction of sp³-hybridized carbons (Fsp3) is 0.412. The summed E-state index contributed by atoms with van der Waals surface area (Å²) in [6.45, 7) is 5.15. The van der Waals surface area contributed by atoms with Gasteiger partial charge < -0.3 is 5.11 Å². The van der Waals surface area contributed by atoms with Crippen LogP contribution in [0.1, 0.15) is 41.5 Å². The van der Waals surface area contributed by atoms with E-state index in [1.165, 1.54) is 4.88 Å². The van der Waals surface area contributed by atoms with Gasteiger partial charge in [0.15, 0.2) is 0 Å². The second-order valence-corrected chi connectivity index (χ2v) is 6.31. The molecule has 2 nitrogen and oxygen atoms in total. The molecule has 0 aliphatic rings. The highest BCUT2D eigenvalue weighted by Gasteiger charge is 2.15. The molecule has 2 rings (SSSR count). The maximum absolute atomic E-state index is 10.3. The van der Waals surface area contributed by atoms with Crippen LogP contribution >= 0.6 is 11.3 Å². The van der Waals surface area contributed by atoms with Gasteiger partial charge in [0, 0.05) is 17.5 Å². The van der Waals surface area contributed by atoms with Crippen molar-refractivity contribution in [1.29, 1.82) is 0 Å². The van der Waals surface area contributed by atoms with Crippen molar-refractivity contribution in [1.82, 2.24) is 4.90 Å². The van der Waals surface area contributed by atoms with Crippen LogP contribution in [0.2, 0.25) is 0 Å². The first-order chi connectivity index (χ1) is 9.59. The van der Waals surface area contributed by atoms with Gasteiger partial charge in [-0.15, -0.1) is 11.3 Å². The van der Waals surface area contributed by atoms with Crippen molar-refractivity contribution in [3.05, 3.63) is 57.8 Å². The number of rotatable bonds is 6. The molecule has 0 aliphatic heterocycles. The largest absolute Gasteiger partial charge is 0.388 e. The second kappa shape index (κ2) is 7.02. The zero-order valence-electron chi connectivity index (χ0n) is 12.4. The summed E-state index contributed by atoms with van der Waals surface area (Å²) in [7, 11) is 2.12. The van der Waals surface area contributed by atoms with E-state index >= 15 is 0 Å². The molecule has 0 spiro atoms. The third-order valence-corrected chi connectivity index (χ3v) is 4.96. The second-order valence-electron chi connectivity index (χ2n) is 5.33. The van der Waals surface area contributed by atoms with Crippen molar-refractivity contribution in [2.75, 3.05) is 13.6 Å². The van der Waals surface area contributed by atoms with E-state index in [1.54, 1.807) is 11.3 Å². The molecule has 0 fully saturated rings. The molecular formula is C17H23NOS. The highest BCUT2D eigenvalue weighted by atomic mass is 32.1. The summed E-state index contributed by atoms with van der Waals surface area (Å²) in [6, 6.07) is 12.7. The lowest BCUT2D eigenvalue weighted by Gasteiger charge is -2.25. The van der Waals surface area contributed by atoms with Crippen molar-refractivity contribution >= 4 is 11.3 Å². The highest BCUT2D eigenvalue weighted by Crippen LogP contribution is 2.25. The number of nitrogens with zero attached hydrogens (tertiary/aromatic N) is 1. The molecule has 0 saturated carbocycles. The highest BCUT2D eigenvalue weighted by molar-refractivity contribution is 7.10. The molecule has 108 valence electrons. The summed E-state index contributed by atoms with van der Waals surface area (Å²) in [5, 5.41) is 12.5. The van der Waals surface area contributed by atoms with E-state index < -0.39 is 0 Å². The molecule has 2 unspecified atom stereocenters. The van der Waals surface area contributed by atoms with E-state index in [1.807, 2.05) is 18.2 Å². The Bertz CT molecular complexity index is 524. The van der Waals surface area contributed by atoms with Gasteiger partial charge in [0.2, 0.25) is 0 Å². The van der Waals surface area contributed by atoms with E-state index in [2.05, 4.69) is 49.4 Å². The van der Waals surface area contributed by atoms with Gasteiger partial charge in [0.25, 0.3) is 0 Å². The molecule has 0 saturated heterocycles. The lowest BCUT2D eigenvalue weighted by molar-refractivity contribution is 0.139. The Balaban J connectivity index is 1.90. The van der Waals surface area contributed by atoms with E-state index in [4.69, 9.17) is 0 Å². The Kier molecular flexibility index (Phi) is 5.35. The third kappa shape index (κ3) is 3.69. The molecule has 0 aliphatic carbocycles. The number of aliphatic hydroxyl groups is 1. The van der Waals surface area contributed by atoms with Crippen LogP contribution < -0.4 is 0 Å². The van der Waals surface area contributed by atoms with Crippen molar-refractivity contribution in [3.8, 4) is 0 Å². The lowest BCUT2D eigenvalue weighted by Crippen LogP contribution is -2.24. The van der Waals surface area contributed by atoms with Crippen LogP contribution in [-0.4, -0.2) is 23.6 Å². The van der Waals surface area contributed by atoms with Crippen LogP contribution in [0.25, 0.3) is 0 Å². The summed E-state index contributed by atoms with van der Waals surface area (Å²) in [5.74, 6) is 0. The Labute approximate surface area is 125 Å². The van der Waals surface area contributed by atoms with Crippen LogP contribution in [0.4, 0.5) is 0 Å². The Hall–Kier alpha value is -1.16. The summed E-state index contributed by atoms with van der Waals surface area (Å²) in [5.41, 5.74) is 2.21. The minimum absolute atomic E-state index is 0.380. The molecule has 2 aromatic rings. The first-order valence-corrected chi connectivity index (χ1v) is 7.94. The maximum atomic E-state index is 10.3. The van der Waals surface area contributed by atoms with Crippen molar-refractivity contribution in [2.45, 2.75) is 32.4 Å². The zero-order valence-corrected chi connectivity index (χ0v) is 13.2. The van der Waals surface area contributed by atoms with Gasteiger partial charge >= 0.3 is 0 Å². The minimum atomic E-state index is -0.380. The van der Waals surface area contributed by atoms with E-state index in [0.29, 0.717) is 6.04 Å². The standard InChI is InChI=1S/C17H23NOS/c1-13-7-4-5-8-15(13)16(19)10-11-18(3)14(2)17-9-6-12-20-17/h4-9,12,14,16,19H,10-11H2,1-3H3. The Morgan fingerprint density at radius 3 is 2.60 bits per heavy atom. The molecule has 0 bridgehead atoms. The molecule has 1 aromatic heterocycles. The number of hydrogen-bond acceptors (Lipinski definition) is 3. The fourth-order valence-corrected chi connectivity index (χ4v) is 3.23. The van der Waals surface area contributed by atoms with Gasteiger partial charge in [0.05, 0.1) is 6.10 Å². The molecular weight excluding hydrogens is 266 g/mol. The zero-order chi connectivity index (χ0) is 14.5. The molecule has 1 aromatic carbocycles. The number of hydrogen-bond donors (Lipinski definition) is 1. The number of aryl methyl sites for hydroxylation is 1. The monoisotopic (exact) mass is 289 g/mol. The first kappa shape index (κ1) is 15.2. The molecule has 1 N–H and O–H groups in total. The Morgan fingerprint density at radius 2 is 1.95 bits per heavy atom. The molecule has 20 heavy (non-hydrogen) atoms. The molecule has 1 heterocycles. The van der Waals surface area contributed by atoms with E-state index in [0.717, 1.165) is 24.1 Å². The predicted octanol–water partition coefficient (Wildman–Crippen LogP) is 4.17. The van der Waals surface area contributed by atoms with E-state index in [-0.39, 0.29) is 6.10 Å². The van der Waals surface area contributed by atoms with Gasteiger partial charge in [-0.25, -0.2) is 0 Å². The van der Waals surface area contributed by atoms with E-state index in [9.17, 15) is 5.11 Å². The molecule has 3 heteroatoms. The Morgan fingerprint density at radius 1 is 1.20 bits per heavy atom. The quantitative estimate of drug-likeness (QED) is 0.862. The van der Waals surface area contributed by atoms with Crippen LogP contribution in [0.15, 0.2) is 41.8 Å². The summed E-state index contributed by atoms with van der Waals surface area (Å²) >= 11 is 1.79. The third-order valence-electron chi connectivity index (χ3n) is 3.92. The number of benzene rings is 1. The molecule has 0 radical (unpaired) electrons. The van der Waals surface area contributed by atoms with Gasteiger partial charge in [0.1, 0.15) is 0 Å². The van der Waals surface area contributed by atoms with Gasteiger partial charge in [-0.2, -0.15) is 0 Å².